The standard InChI is InChI=1S/C8H11AsIN/c1-9(2)5-7-3-4-8(10)11-6-7/h3-4,6H,5H2,1-2H3. The molecule has 1 rings (SSSR count). The molecular weight excluding hydrogens is 312 g/mol. The summed E-state index contributed by atoms with van der Waals surface area (Å²) in [7, 11) is 0. The van der Waals surface area contributed by atoms with Gasteiger partial charge >= 0.3 is 86.5 Å². The molecule has 0 unspecified atom stereocenters. The first kappa shape index (κ1) is 9.53. The average Bonchev–Trinajstić information content (AvgIpc) is 1.93. The molecule has 0 bridgehead atoms. The van der Waals surface area contributed by atoms with Crippen LogP contribution in [0.3, 0.4) is 0 Å². The van der Waals surface area contributed by atoms with Crippen molar-refractivity contribution >= 4 is 37.2 Å². The molecule has 0 N–H and O–H groups in total. The molecule has 0 saturated heterocycles. The van der Waals surface area contributed by atoms with Crippen LogP contribution in [0.5, 0.6) is 0 Å². The normalized spacial score (nSPS) is 10.5. The zero-order valence-electron chi connectivity index (χ0n) is 6.71. The average molecular weight is 323 g/mol. The summed E-state index contributed by atoms with van der Waals surface area (Å²) in [5.41, 5.74) is 6.13. The van der Waals surface area contributed by atoms with E-state index < -0.39 is 14.7 Å². The summed E-state index contributed by atoms with van der Waals surface area (Å²) >= 11 is 1.72. The van der Waals surface area contributed by atoms with Crippen LogP contribution >= 0.6 is 22.6 Å². The predicted molar refractivity (Wildman–Crippen MR) is 58.1 cm³/mol. The number of rotatable bonds is 2. The van der Waals surface area contributed by atoms with Crippen molar-refractivity contribution in [2.24, 2.45) is 0 Å². The Labute approximate surface area is 86.0 Å². The van der Waals surface area contributed by atoms with Crippen LogP contribution in [-0.4, -0.2) is 19.6 Å². The second-order valence-electron chi connectivity index (χ2n) is 2.73. The molecule has 1 nitrogen and oxygen atoms in total. The molecule has 60 valence electrons. The number of halogens is 1. The summed E-state index contributed by atoms with van der Waals surface area (Å²) in [6, 6.07) is 4.26. The molecule has 0 aliphatic heterocycles. The maximum atomic E-state index is 4.24. The Hall–Kier alpha value is 0.438. The first-order chi connectivity index (χ1) is 5.18. The van der Waals surface area contributed by atoms with E-state index in [1.807, 2.05) is 6.20 Å². The van der Waals surface area contributed by atoms with Crippen LogP contribution in [0.2, 0.25) is 11.4 Å². The fourth-order valence-electron chi connectivity index (χ4n) is 0.865. The fourth-order valence-corrected chi connectivity index (χ4v) is 3.11. The number of hydrogen-bond acceptors (Lipinski definition) is 1. The summed E-state index contributed by atoms with van der Waals surface area (Å²) in [4.78, 5) is 4.24. The zero-order valence-corrected chi connectivity index (χ0v) is 10.7. The van der Waals surface area contributed by atoms with E-state index in [1.54, 1.807) is 0 Å². The van der Waals surface area contributed by atoms with Crippen LogP contribution in [0.15, 0.2) is 18.3 Å². The fraction of sp³-hybridized carbons (Fsp3) is 0.375. The SMILES string of the molecule is C[As](C)Cc1ccc(I)nc1. The van der Waals surface area contributed by atoms with Crippen LogP contribution < -0.4 is 0 Å². The van der Waals surface area contributed by atoms with Gasteiger partial charge in [0.1, 0.15) is 0 Å². The number of hydrogen-bond donors (Lipinski definition) is 0. The summed E-state index contributed by atoms with van der Waals surface area (Å²) in [5, 5.41) is 1.27. The minimum absolute atomic E-state index is 0.514. The molecule has 0 amide bonds. The third kappa shape index (κ3) is 3.57. The predicted octanol–water partition coefficient (Wildman–Crippen LogP) is 2.52. The first-order valence-electron chi connectivity index (χ1n) is 3.43. The third-order valence-corrected chi connectivity index (χ3v) is 4.02. The molecule has 0 radical (unpaired) electrons. The Kier molecular flexibility index (Phi) is 3.86. The molecule has 11 heavy (non-hydrogen) atoms. The summed E-state index contributed by atoms with van der Waals surface area (Å²) in [5.74, 6) is 0. The topological polar surface area (TPSA) is 12.9 Å². The molecule has 1 aromatic heterocycles. The second-order valence-corrected chi connectivity index (χ2v) is 9.03. The Morgan fingerprint density at radius 1 is 1.45 bits per heavy atom. The van der Waals surface area contributed by atoms with Gasteiger partial charge < -0.3 is 0 Å². The number of aromatic nitrogens is 1. The summed E-state index contributed by atoms with van der Waals surface area (Å²) < 4.78 is 1.08. The Balaban J connectivity index is 2.66. The van der Waals surface area contributed by atoms with Gasteiger partial charge in [0.25, 0.3) is 0 Å². The van der Waals surface area contributed by atoms with Gasteiger partial charge in [0, 0.05) is 0 Å². The van der Waals surface area contributed by atoms with Gasteiger partial charge in [-0.3, -0.25) is 0 Å². The van der Waals surface area contributed by atoms with Gasteiger partial charge in [-0.05, 0) is 0 Å². The van der Waals surface area contributed by atoms with Gasteiger partial charge in [-0.2, -0.15) is 0 Å². The molecule has 0 fully saturated rings. The molecule has 0 aromatic carbocycles. The Morgan fingerprint density at radius 3 is 2.64 bits per heavy atom. The molecule has 0 spiro atoms. The summed E-state index contributed by atoms with van der Waals surface area (Å²) in [6.07, 6.45) is 2.00. The number of nitrogens with zero attached hydrogens (tertiary/aromatic N) is 1. The van der Waals surface area contributed by atoms with Crippen LogP contribution in [0.4, 0.5) is 0 Å². The van der Waals surface area contributed by atoms with Crippen molar-refractivity contribution in [2.75, 3.05) is 0 Å². The third-order valence-electron chi connectivity index (χ3n) is 1.29. The molecule has 0 saturated carbocycles. The molecule has 0 aliphatic carbocycles. The van der Waals surface area contributed by atoms with E-state index >= 15 is 0 Å². The van der Waals surface area contributed by atoms with Gasteiger partial charge in [0.2, 0.25) is 0 Å². The molecule has 1 heterocycles. The van der Waals surface area contributed by atoms with E-state index in [0.29, 0.717) is 0 Å². The molecule has 0 atom stereocenters. The zero-order chi connectivity index (χ0) is 8.27. The van der Waals surface area contributed by atoms with Crippen molar-refractivity contribution in [3.05, 3.63) is 27.6 Å². The molecular formula is C8H11AsIN. The van der Waals surface area contributed by atoms with E-state index in [4.69, 9.17) is 0 Å². The quantitative estimate of drug-likeness (QED) is 0.463. The van der Waals surface area contributed by atoms with Gasteiger partial charge in [-0.1, -0.05) is 0 Å². The van der Waals surface area contributed by atoms with E-state index in [1.165, 1.54) is 10.8 Å². The Bertz CT molecular complexity index is 220. The van der Waals surface area contributed by atoms with Gasteiger partial charge in [0.15, 0.2) is 0 Å². The Morgan fingerprint density at radius 2 is 2.18 bits per heavy atom. The van der Waals surface area contributed by atoms with E-state index in [9.17, 15) is 0 Å². The van der Waals surface area contributed by atoms with Gasteiger partial charge in [0.05, 0.1) is 0 Å². The van der Waals surface area contributed by atoms with E-state index in [2.05, 4.69) is 51.1 Å². The summed E-state index contributed by atoms with van der Waals surface area (Å²) in [6.45, 7) is 0. The van der Waals surface area contributed by atoms with Crippen molar-refractivity contribution in [1.29, 1.82) is 0 Å². The first-order valence-corrected chi connectivity index (χ1v) is 9.59. The van der Waals surface area contributed by atoms with Crippen molar-refractivity contribution in [2.45, 2.75) is 16.6 Å². The molecule has 1 aromatic rings. The van der Waals surface area contributed by atoms with Crippen molar-refractivity contribution in [1.82, 2.24) is 4.98 Å². The monoisotopic (exact) mass is 323 g/mol. The van der Waals surface area contributed by atoms with Gasteiger partial charge in [-0.15, -0.1) is 0 Å². The van der Waals surface area contributed by atoms with Crippen molar-refractivity contribution in [3.63, 3.8) is 0 Å². The van der Waals surface area contributed by atoms with Crippen LogP contribution in [0.1, 0.15) is 5.56 Å². The molecule has 0 aliphatic rings. The van der Waals surface area contributed by atoms with E-state index in [0.717, 1.165) is 3.70 Å². The van der Waals surface area contributed by atoms with Gasteiger partial charge in [-0.25, -0.2) is 0 Å². The second kappa shape index (κ2) is 4.46. The van der Waals surface area contributed by atoms with Crippen molar-refractivity contribution < 1.29 is 0 Å². The minimum atomic E-state index is -0.514. The maximum absolute atomic E-state index is 4.24. The van der Waals surface area contributed by atoms with Crippen LogP contribution in [0.25, 0.3) is 0 Å². The van der Waals surface area contributed by atoms with Crippen molar-refractivity contribution in [3.8, 4) is 0 Å². The molecule has 3 heteroatoms. The van der Waals surface area contributed by atoms with Crippen LogP contribution in [0, 0.1) is 3.70 Å². The van der Waals surface area contributed by atoms with E-state index in [-0.39, 0.29) is 0 Å². The number of pyridine rings is 1. The van der Waals surface area contributed by atoms with Crippen LogP contribution in [-0.2, 0) is 5.21 Å².